The van der Waals surface area contributed by atoms with E-state index >= 15 is 0 Å². The number of carbonyl (C=O) groups is 1. The largest absolute Gasteiger partial charge is 0.497 e. The Morgan fingerprint density at radius 3 is 2.75 bits per heavy atom. The van der Waals surface area contributed by atoms with Crippen molar-refractivity contribution in [1.29, 1.82) is 0 Å². The lowest BCUT2D eigenvalue weighted by atomic mass is 10.2. The van der Waals surface area contributed by atoms with E-state index in [-0.39, 0.29) is 5.56 Å². The Kier molecular flexibility index (Phi) is 4.29. The van der Waals surface area contributed by atoms with Crippen molar-refractivity contribution in [3.05, 3.63) is 70.3 Å². The number of nitrogens with zero attached hydrogens (tertiary/aromatic N) is 1. The number of methoxy groups -OCH3 is 1. The van der Waals surface area contributed by atoms with E-state index in [1.807, 2.05) is 0 Å². The van der Waals surface area contributed by atoms with E-state index in [9.17, 15) is 9.59 Å². The zero-order valence-electron chi connectivity index (χ0n) is 13.3. The van der Waals surface area contributed by atoms with E-state index in [0.717, 1.165) is 0 Å². The third-order valence-electron chi connectivity index (χ3n) is 3.61. The smallest absolute Gasteiger partial charge is 0.338 e. The van der Waals surface area contributed by atoms with E-state index in [1.54, 1.807) is 55.5 Å². The molecule has 0 amide bonds. The average molecular weight is 324 g/mol. The number of H-pyrrole nitrogens is 1. The molecule has 6 heteroatoms. The molecule has 2 aromatic carbocycles. The molecule has 3 rings (SSSR count). The Bertz CT molecular complexity index is 949. The summed E-state index contributed by atoms with van der Waals surface area (Å²) in [6, 6.07) is 13.7. The molecular formula is C18H16N2O4. The SMILES string of the molecule is COc1cccc(C(=O)O[C@@H](C)c2nc3ccccc3c(=O)[nH]2)c1. The van der Waals surface area contributed by atoms with Crippen molar-refractivity contribution < 1.29 is 14.3 Å². The molecule has 0 saturated heterocycles. The van der Waals surface area contributed by atoms with E-state index in [0.29, 0.717) is 28.0 Å². The van der Waals surface area contributed by atoms with Crippen LogP contribution in [-0.4, -0.2) is 23.0 Å². The van der Waals surface area contributed by atoms with Crippen molar-refractivity contribution in [3.63, 3.8) is 0 Å². The number of para-hydroxylation sites is 1. The molecule has 0 saturated carbocycles. The van der Waals surface area contributed by atoms with Crippen molar-refractivity contribution >= 4 is 16.9 Å². The summed E-state index contributed by atoms with van der Waals surface area (Å²) >= 11 is 0. The Balaban J connectivity index is 1.85. The van der Waals surface area contributed by atoms with Crippen molar-refractivity contribution in [2.24, 2.45) is 0 Å². The number of aromatic amines is 1. The molecule has 6 nitrogen and oxygen atoms in total. The van der Waals surface area contributed by atoms with Crippen LogP contribution in [0.15, 0.2) is 53.3 Å². The zero-order valence-corrected chi connectivity index (χ0v) is 13.3. The van der Waals surface area contributed by atoms with Gasteiger partial charge >= 0.3 is 5.97 Å². The van der Waals surface area contributed by atoms with Gasteiger partial charge in [0.25, 0.3) is 5.56 Å². The quantitative estimate of drug-likeness (QED) is 0.746. The summed E-state index contributed by atoms with van der Waals surface area (Å²) in [6.07, 6.45) is -0.694. The maximum Gasteiger partial charge on any atom is 0.338 e. The van der Waals surface area contributed by atoms with Crippen LogP contribution >= 0.6 is 0 Å². The normalized spacial score (nSPS) is 11.9. The minimum atomic E-state index is -0.694. The molecule has 1 atom stereocenters. The van der Waals surface area contributed by atoms with Crippen LogP contribution in [0.3, 0.4) is 0 Å². The van der Waals surface area contributed by atoms with Crippen LogP contribution in [0, 0.1) is 0 Å². The molecule has 24 heavy (non-hydrogen) atoms. The van der Waals surface area contributed by atoms with Crippen LogP contribution in [0.4, 0.5) is 0 Å². The summed E-state index contributed by atoms with van der Waals surface area (Å²) in [7, 11) is 1.52. The molecule has 0 aliphatic rings. The Labute approximate surface area is 138 Å². The third-order valence-corrected chi connectivity index (χ3v) is 3.61. The summed E-state index contributed by atoms with van der Waals surface area (Å²) in [5.41, 5.74) is 0.657. The van der Waals surface area contributed by atoms with Gasteiger partial charge in [0, 0.05) is 0 Å². The van der Waals surface area contributed by atoms with E-state index in [4.69, 9.17) is 9.47 Å². The maximum atomic E-state index is 12.2. The van der Waals surface area contributed by atoms with Crippen molar-refractivity contribution in [2.45, 2.75) is 13.0 Å². The number of ether oxygens (including phenoxy) is 2. The number of esters is 1. The highest BCUT2D eigenvalue weighted by molar-refractivity contribution is 5.90. The number of fused-ring (bicyclic) bond motifs is 1. The molecule has 1 N–H and O–H groups in total. The highest BCUT2D eigenvalue weighted by Gasteiger charge is 2.17. The van der Waals surface area contributed by atoms with Crippen LogP contribution < -0.4 is 10.3 Å². The lowest BCUT2D eigenvalue weighted by Gasteiger charge is -2.13. The van der Waals surface area contributed by atoms with Gasteiger partial charge in [0.15, 0.2) is 11.9 Å². The van der Waals surface area contributed by atoms with Crippen molar-refractivity contribution in [2.75, 3.05) is 7.11 Å². The lowest BCUT2D eigenvalue weighted by Crippen LogP contribution is -2.17. The number of aromatic nitrogens is 2. The topological polar surface area (TPSA) is 81.3 Å². The summed E-state index contributed by atoms with van der Waals surface area (Å²) in [4.78, 5) is 31.4. The first-order valence-corrected chi connectivity index (χ1v) is 7.42. The summed E-state index contributed by atoms with van der Waals surface area (Å²) < 4.78 is 10.5. The van der Waals surface area contributed by atoms with Gasteiger partial charge in [-0.05, 0) is 37.3 Å². The summed E-state index contributed by atoms with van der Waals surface area (Å²) in [5.74, 6) is 0.349. The van der Waals surface area contributed by atoms with E-state index in [1.165, 1.54) is 7.11 Å². The second-order valence-electron chi connectivity index (χ2n) is 5.25. The van der Waals surface area contributed by atoms with Crippen molar-refractivity contribution in [3.8, 4) is 5.75 Å². The number of carbonyl (C=O) groups excluding carboxylic acids is 1. The highest BCUT2D eigenvalue weighted by atomic mass is 16.5. The standard InChI is InChI=1S/C18H16N2O4/c1-11(24-18(22)12-6-5-7-13(10-12)23-2)16-19-15-9-4-3-8-14(15)17(21)20-16/h3-11H,1-2H3,(H,19,20,21)/t11-/m0/s1. The zero-order chi connectivity index (χ0) is 17.1. The van der Waals surface area contributed by atoms with Gasteiger partial charge < -0.3 is 14.5 Å². The van der Waals surface area contributed by atoms with E-state index < -0.39 is 12.1 Å². The molecule has 0 fully saturated rings. The Morgan fingerprint density at radius 2 is 1.96 bits per heavy atom. The predicted octanol–water partition coefficient (Wildman–Crippen LogP) is 2.85. The average Bonchev–Trinajstić information content (AvgIpc) is 2.61. The Hall–Kier alpha value is -3.15. The monoisotopic (exact) mass is 324 g/mol. The summed E-state index contributed by atoms with van der Waals surface area (Å²) in [6.45, 7) is 1.66. The predicted molar refractivity (Wildman–Crippen MR) is 89.2 cm³/mol. The first kappa shape index (κ1) is 15.7. The molecule has 0 unspecified atom stereocenters. The maximum absolute atomic E-state index is 12.2. The molecule has 0 radical (unpaired) electrons. The van der Waals surface area contributed by atoms with Gasteiger partial charge in [0.2, 0.25) is 0 Å². The first-order valence-electron chi connectivity index (χ1n) is 7.42. The third kappa shape index (κ3) is 3.12. The molecule has 0 aliphatic heterocycles. The molecule has 122 valence electrons. The van der Waals surface area contributed by atoms with Crippen LogP contribution in [-0.2, 0) is 4.74 Å². The van der Waals surface area contributed by atoms with Crippen LogP contribution in [0.2, 0.25) is 0 Å². The number of nitrogens with one attached hydrogen (secondary N) is 1. The van der Waals surface area contributed by atoms with Gasteiger partial charge in [0.05, 0.1) is 23.6 Å². The van der Waals surface area contributed by atoms with Crippen LogP contribution in [0.5, 0.6) is 5.75 Å². The second-order valence-corrected chi connectivity index (χ2v) is 5.25. The molecule has 0 spiro atoms. The van der Waals surface area contributed by atoms with Gasteiger partial charge in [-0.25, -0.2) is 9.78 Å². The van der Waals surface area contributed by atoms with Gasteiger partial charge in [-0.15, -0.1) is 0 Å². The van der Waals surface area contributed by atoms with E-state index in [2.05, 4.69) is 9.97 Å². The second kappa shape index (κ2) is 6.54. The molecule has 0 bridgehead atoms. The molecule has 1 aromatic heterocycles. The van der Waals surface area contributed by atoms with Gasteiger partial charge in [-0.2, -0.15) is 0 Å². The lowest BCUT2D eigenvalue weighted by molar-refractivity contribution is 0.0319. The van der Waals surface area contributed by atoms with Crippen LogP contribution in [0.25, 0.3) is 10.9 Å². The molecule has 0 aliphatic carbocycles. The van der Waals surface area contributed by atoms with Crippen LogP contribution in [0.1, 0.15) is 29.2 Å². The fraction of sp³-hybridized carbons (Fsp3) is 0.167. The first-order chi connectivity index (χ1) is 11.6. The Morgan fingerprint density at radius 1 is 1.17 bits per heavy atom. The fourth-order valence-corrected chi connectivity index (χ4v) is 2.33. The summed E-state index contributed by atoms with van der Waals surface area (Å²) in [5, 5.41) is 0.493. The minimum Gasteiger partial charge on any atom is -0.497 e. The number of benzene rings is 2. The molecule has 3 aromatic rings. The van der Waals surface area contributed by atoms with Gasteiger partial charge in [-0.1, -0.05) is 18.2 Å². The number of rotatable bonds is 4. The fourth-order valence-electron chi connectivity index (χ4n) is 2.33. The number of hydrogen-bond acceptors (Lipinski definition) is 5. The van der Waals surface area contributed by atoms with Gasteiger partial charge in [-0.3, -0.25) is 4.79 Å². The highest BCUT2D eigenvalue weighted by Crippen LogP contribution is 2.18. The van der Waals surface area contributed by atoms with Crippen molar-refractivity contribution in [1.82, 2.24) is 9.97 Å². The molecule has 1 heterocycles. The molecular weight excluding hydrogens is 308 g/mol. The van der Waals surface area contributed by atoms with Gasteiger partial charge in [0.1, 0.15) is 5.75 Å². The number of hydrogen-bond donors (Lipinski definition) is 1. The minimum absolute atomic E-state index is 0.264.